The number of pyridine rings is 1. The maximum atomic E-state index is 12.1. The predicted octanol–water partition coefficient (Wildman–Crippen LogP) is 2.56. The molecule has 1 aliphatic rings. The molecule has 1 aromatic heterocycles. The third-order valence-electron chi connectivity index (χ3n) is 3.46. The molecule has 0 aromatic carbocycles. The largest absolute Gasteiger partial charge is 0.482 e. The summed E-state index contributed by atoms with van der Waals surface area (Å²) in [7, 11) is 0. The number of aromatic nitrogens is 1. The van der Waals surface area contributed by atoms with E-state index in [1.165, 1.54) is 19.3 Å². The van der Waals surface area contributed by atoms with Crippen LogP contribution in [-0.2, 0) is 4.79 Å². The fourth-order valence-electron chi connectivity index (χ4n) is 2.27. The van der Waals surface area contributed by atoms with Crippen molar-refractivity contribution in [3.8, 4) is 5.75 Å². The summed E-state index contributed by atoms with van der Waals surface area (Å²) in [6.07, 6.45) is 7.64. The van der Waals surface area contributed by atoms with Gasteiger partial charge in [-0.3, -0.25) is 9.78 Å². The minimum absolute atomic E-state index is 0.0856. The van der Waals surface area contributed by atoms with Crippen LogP contribution in [0.5, 0.6) is 5.75 Å². The molecule has 4 nitrogen and oxygen atoms in total. The van der Waals surface area contributed by atoms with Gasteiger partial charge in [0.2, 0.25) is 0 Å². The van der Waals surface area contributed by atoms with Crippen molar-refractivity contribution >= 4 is 5.91 Å². The number of hydrogen-bond acceptors (Lipinski definition) is 3. The Morgan fingerprint density at radius 3 is 2.53 bits per heavy atom. The first-order valence-corrected chi connectivity index (χ1v) is 7.09. The van der Waals surface area contributed by atoms with Gasteiger partial charge in [0.15, 0.2) is 6.61 Å². The van der Waals surface area contributed by atoms with Crippen molar-refractivity contribution in [2.45, 2.75) is 39.0 Å². The number of nitrogens with zero attached hydrogens (tertiary/aromatic N) is 2. The van der Waals surface area contributed by atoms with Crippen LogP contribution < -0.4 is 4.74 Å². The fourth-order valence-corrected chi connectivity index (χ4v) is 2.27. The van der Waals surface area contributed by atoms with E-state index >= 15 is 0 Å². The summed E-state index contributed by atoms with van der Waals surface area (Å²) in [4.78, 5) is 18.2. The van der Waals surface area contributed by atoms with E-state index in [2.05, 4.69) is 4.98 Å². The Kier molecular flexibility index (Phi) is 5.19. The second-order valence-corrected chi connectivity index (χ2v) is 5.07. The first kappa shape index (κ1) is 13.8. The zero-order valence-corrected chi connectivity index (χ0v) is 11.6. The van der Waals surface area contributed by atoms with Crippen molar-refractivity contribution in [3.05, 3.63) is 24.0 Å². The van der Waals surface area contributed by atoms with Gasteiger partial charge in [-0.2, -0.15) is 0 Å². The summed E-state index contributed by atoms with van der Waals surface area (Å²) >= 11 is 0. The van der Waals surface area contributed by atoms with Crippen LogP contribution in [0.2, 0.25) is 0 Å². The van der Waals surface area contributed by atoms with Gasteiger partial charge in [0.05, 0.1) is 6.20 Å². The van der Waals surface area contributed by atoms with Crippen molar-refractivity contribution in [2.24, 2.45) is 0 Å². The SMILES string of the molecule is Cc1ccc(OCC(=O)N2CCCCCCC2)cn1. The Hall–Kier alpha value is -1.58. The third-order valence-corrected chi connectivity index (χ3v) is 3.46. The standard InChI is InChI=1S/C15H22N2O2/c1-13-7-8-14(11-16-13)19-12-15(18)17-9-5-3-2-4-6-10-17/h7-8,11H,2-6,9-10,12H2,1H3. The number of hydrogen-bond donors (Lipinski definition) is 0. The number of likely N-dealkylation sites (tertiary alicyclic amines) is 1. The number of aryl methyl sites for hydroxylation is 1. The fraction of sp³-hybridized carbons (Fsp3) is 0.600. The number of rotatable bonds is 3. The van der Waals surface area contributed by atoms with Gasteiger partial charge in [0, 0.05) is 18.8 Å². The van der Waals surface area contributed by atoms with Gasteiger partial charge in [0.1, 0.15) is 5.75 Å². The minimum atomic E-state index is 0.0856. The molecule has 0 N–H and O–H groups in total. The lowest BCUT2D eigenvalue weighted by Gasteiger charge is -2.24. The van der Waals surface area contributed by atoms with Crippen LogP contribution >= 0.6 is 0 Å². The van der Waals surface area contributed by atoms with E-state index in [1.807, 2.05) is 24.0 Å². The van der Waals surface area contributed by atoms with Crippen LogP contribution in [0, 0.1) is 6.92 Å². The van der Waals surface area contributed by atoms with Gasteiger partial charge >= 0.3 is 0 Å². The molecule has 0 radical (unpaired) electrons. The molecule has 1 fully saturated rings. The molecule has 104 valence electrons. The molecular formula is C15H22N2O2. The normalized spacial score (nSPS) is 16.6. The first-order valence-electron chi connectivity index (χ1n) is 7.09. The lowest BCUT2D eigenvalue weighted by atomic mass is 10.1. The molecule has 1 aliphatic heterocycles. The Morgan fingerprint density at radius 2 is 1.89 bits per heavy atom. The van der Waals surface area contributed by atoms with Gasteiger partial charge < -0.3 is 9.64 Å². The van der Waals surface area contributed by atoms with Crippen LogP contribution in [-0.4, -0.2) is 35.5 Å². The molecule has 0 spiro atoms. The van der Waals surface area contributed by atoms with Crippen molar-refractivity contribution in [1.82, 2.24) is 9.88 Å². The number of carbonyl (C=O) groups excluding carboxylic acids is 1. The van der Waals surface area contributed by atoms with E-state index < -0.39 is 0 Å². The van der Waals surface area contributed by atoms with Crippen molar-refractivity contribution in [2.75, 3.05) is 19.7 Å². The highest BCUT2D eigenvalue weighted by Gasteiger charge is 2.15. The molecule has 0 atom stereocenters. The predicted molar refractivity (Wildman–Crippen MR) is 74.1 cm³/mol. The van der Waals surface area contributed by atoms with Gasteiger partial charge in [-0.05, 0) is 31.9 Å². The lowest BCUT2D eigenvalue weighted by molar-refractivity contribution is -0.133. The molecule has 0 unspecified atom stereocenters. The number of amides is 1. The lowest BCUT2D eigenvalue weighted by Crippen LogP contribution is -2.37. The van der Waals surface area contributed by atoms with Gasteiger partial charge in [0.25, 0.3) is 5.91 Å². The van der Waals surface area contributed by atoms with Crippen LogP contribution in [0.3, 0.4) is 0 Å². The van der Waals surface area contributed by atoms with Crippen LogP contribution in [0.25, 0.3) is 0 Å². The van der Waals surface area contributed by atoms with Crippen LogP contribution in [0.15, 0.2) is 18.3 Å². The van der Waals surface area contributed by atoms with Crippen LogP contribution in [0.1, 0.15) is 37.8 Å². The van der Waals surface area contributed by atoms with E-state index in [0.29, 0.717) is 5.75 Å². The average molecular weight is 262 g/mol. The zero-order chi connectivity index (χ0) is 13.5. The molecule has 0 bridgehead atoms. The van der Waals surface area contributed by atoms with Gasteiger partial charge in [-0.15, -0.1) is 0 Å². The highest BCUT2D eigenvalue weighted by atomic mass is 16.5. The monoisotopic (exact) mass is 262 g/mol. The molecule has 0 saturated carbocycles. The summed E-state index contributed by atoms with van der Waals surface area (Å²) in [5, 5.41) is 0. The van der Waals surface area contributed by atoms with Crippen molar-refractivity contribution in [1.29, 1.82) is 0 Å². The number of ether oxygens (including phenoxy) is 1. The highest BCUT2D eigenvalue weighted by Crippen LogP contribution is 2.12. The average Bonchev–Trinajstić information content (AvgIpc) is 2.37. The Morgan fingerprint density at radius 1 is 1.21 bits per heavy atom. The van der Waals surface area contributed by atoms with Crippen molar-refractivity contribution < 1.29 is 9.53 Å². The summed E-state index contributed by atoms with van der Waals surface area (Å²) in [6.45, 7) is 3.78. The quantitative estimate of drug-likeness (QED) is 0.840. The molecule has 4 heteroatoms. The van der Waals surface area contributed by atoms with Crippen molar-refractivity contribution in [3.63, 3.8) is 0 Å². The van der Waals surface area contributed by atoms with E-state index in [4.69, 9.17) is 4.74 Å². The Labute approximate surface area is 114 Å². The Balaban J connectivity index is 1.80. The Bertz CT molecular complexity index is 395. The van der Waals surface area contributed by atoms with Crippen LogP contribution in [0.4, 0.5) is 0 Å². The maximum absolute atomic E-state index is 12.1. The third kappa shape index (κ3) is 4.54. The summed E-state index contributed by atoms with van der Waals surface area (Å²) in [6, 6.07) is 3.74. The molecule has 1 saturated heterocycles. The molecule has 19 heavy (non-hydrogen) atoms. The molecule has 1 amide bonds. The van der Waals surface area contributed by atoms with E-state index in [0.717, 1.165) is 31.6 Å². The van der Waals surface area contributed by atoms with E-state index in [-0.39, 0.29) is 12.5 Å². The number of carbonyl (C=O) groups is 1. The first-order chi connectivity index (χ1) is 9.25. The smallest absolute Gasteiger partial charge is 0.260 e. The summed E-state index contributed by atoms with van der Waals surface area (Å²) in [5.74, 6) is 0.744. The molecule has 0 aliphatic carbocycles. The zero-order valence-electron chi connectivity index (χ0n) is 11.6. The molecule has 1 aromatic rings. The summed E-state index contributed by atoms with van der Waals surface area (Å²) in [5.41, 5.74) is 0.947. The topological polar surface area (TPSA) is 42.4 Å². The second kappa shape index (κ2) is 7.12. The molecule has 2 heterocycles. The maximum Gasteiger partial charge on any atom is 0.260 e. The highest BCUT2D eigenvalue weighted by molar-refractivity contribution is 5.77. The van der Waals surface area contributed by atoms with E-state index in [1.54, 1.807) is 6.20 Å². The minimum Gasteiger partial charge on any atom is -0.482 e. The van der Waals surface area contributed by atoms with E-state index in [9.17, 15) is 4.79 Å². The second-order valence-electron chi connectivity index (χ2n) is 5.07. The summed E-state index contributed by atoms with van der Waals surface area (Å²) < 4.78 is 5.49. The molecule has 2 rings (SSSR count). The molecular weight excluding hydrogens is 240 g/mol. The van der Waals surface area contributed by atoms with Gasteiger partial charge in [-0.25, -0.2) is 0 Å². The van der Waals surface area contributed by atoms with Gasteiger partial charge in [-0.1, -0.05) is 19.3 Å².